The van der Waals surface area contributed by atoms with E-state index in [0.717, 1.165) is 21.9 Å². The van der Waals surface area contributed by atoms with Crippen LogP contribution >= 0.6 is 23.2 Å². The van der Waals surface area contributed by atoms with Crippen molar-refractivity contribution in [2.75, 3.05) is 16.2 Å². The largest absolute Gasteiger partial charge is 0.325 e. The topological polar surface area (TPSA) is 79.4 Å². The van der Waals surface area contributed by atoms with E-state index in [0.29, 0.717) is 5.69 Å². The Morgan fingerprint density at radius 2 is 1.49 bits per heavy atom. The molecule has 3 aromatic carbocycles. The van der Waals surface area contributed by atoms with E-state index in [4.69, 9.17) is 23.2 Å². The number of nitrogens with zero attached hydrogens (tertiary/aromatic N) is 2. The normalized spacial score (nSPS) is 11.1. The molecule has 178 valence electrons. The maximum Gasteiger partial charge on any atom is 0.264 e. The van der Waals surface area contributed by atoms with Crippen LogP contribution in [0.3, 0.4) is 0 Å². The lowest BCUT2D eigenvalue weighted by molar-refractivity contribution is -0.114. The van der Waals surface area contributed by atoms with Crippen LogP contribution in [-0.2, 0) is 21.2 Å². The Morgan fingerprint density at radius 1 is 0.829 bits per heavy atom. The number of carbonyl (C=O) groups excluding carboxylic acids is 1. The van der Waals surface area contributed by atoms with Gasteiger partial charge in [0.25, 0.3) is 10.0 Å². The monoisotopic (exact) mass is 525 g/mol. The minimum Gasteiger partial charge on any atom is -0.325 e. The molecule has 0 aliphatic heterocycles. The minimum atomic E-state index is -4.10. The Balaban J connectivity index is 1.55. The minimum absolute atomic E-state index is 0.0318. The number of hydrogen-bond donors (Lipinski definition) is 1. The van der Waals surface area contributed by atoms with Gasteiger partial charge in [0.15, 0.2) is 0 Å². The van der Waals surface area contributed by atoms with Gasteiger partial charge >= 0.3 is 0 Å². The molecule has 0 saturated heterocycles. The average molecular weight is 526 g/mol. The van der Waals surface area contributed by atoms with Crippen molar-refractivity contribution < 1.29 is 13.2 Å². The van der Waals surface area contributed by atoms with Crippen LogP contribution in [0.2, 0.25) is 10.0 Å². The summed E-state index contributed by atoms with van der Waals surface area (Å²) in [5.74, 6) is -0.526. The van der Waals surface area contributed by atoms with Gasteiger partial charge in [-0.15, -0.1) is 0 Å². The first-order valence-electron chi connectivity index (χ1n) is 10.6. The Hall–Kier alpha value is -3.39. The third kappa shape index (κ3) is 6.00. The molecule has 0 bridgehead atoms. The van der Waals surface area contributed by atoms with Gasteiger partial charge in [-0.25, -0.2) is 8.42 Å². The van der Waals surface area contributed by atoms with Crippen molar-refractivity contribution in [3.63, 3.8) is 0 Å². The molecule has 0 spiro atoms. The predicted molar refractivity (Wildman–Crippen MR) is 140 cm³/mol. The number of rotatable bonds is 8. The highest BCUT2D eigenvalue weighted by Crippen LogP contribution is 2.35. The van der Waals surface area contributed by atoms with Gasteiger partial charge in [-0.1, -0.05) is 59.6 Å². The predicted octanol–water partition coefficient (Wildman–Crippen LogP) is 5.81. The van der Waals surface area contributed by atoms with Crippen molar-refractivity contribution in [1.82, 2.24) is 4.98 Å². The molecule has 1 aromatic heterocycles. The molecule has 35 heavy (non-hydrogen) atoms. The molecule has 0 aliphatic rings. The van der Waals surface area contributed by atoms with E-state index in [9.17, 15) is 13.2 Å². The lowest BCUT2D eigenvalue weighted by Crippen LogP contribution is -2.38. The Kier molecular flexibility index (Phi) is 7.70. The summed E-state index contributed by atoms with van der Waals surface area (Å²) in [7, 11) is -4.10. The van der Waals surface area contributed by atoms with E-state index in [1.54, 1.807) is 54.9 Å². The summed E-state index contributed by atoms with van der Waals surface area (Å²) in [6.07, 6.45) is 4.21. The second-order valence-corrected chi connectivity index (χ2v) is 10.3. The fraction of sp³-hybridized carbons (Fsp3) is 0.0769. The number of benzene rings is 3. The van der Waals surface area contributed by atoms with Gasteiger partial charge < -0.3 is 5.32 Å². The lowest BCUT2D eigenvalue weighted by atomic mass is 10.1. The number of hydrogen-bond acceptors (Lipinski definition) is 4. The Labute approximate surface area is 214 Å². The molecular weight excluding hydrogens is 505 g/mol. The molecule has 1 N–H and O–H groups in total. The Bertz CT molecular complexity index is 1420. The van der Waals surface area contributed by atoms with Crippen molar-refractivity contribution in [3.8, 4) is 0 Å². The van der Waals surface area contributed by atoms with Crippen molar-refractivity contribution in [2.24, 2.45) is 0 Å². The zero-order valence-corrected chi connectivity index (χ0v) is 20.8. The maximum atomic E-state index is 13.4. The van der Waals surface area contributed by atoms with Crippen LogP contribution < -0.4 is 9.62 Å². The molecular formula is C26H21Cl2N3O3S. The van der Waals surface area contributed by atoms with E-state index in [1.165, 1.54) is 18.2 Å². The molecule has 0 atom stereocenters. The van der Waals surface area contributed by atoms with Crippen molar-refractivity contribution in [2.45, 2.75) is 11.3 Å². The summed E-state index contributed by atoms with van der Waals surface area (Å²) >= 11 is 12.5. The summed E-state index contributed by atoms with van der Waals surface area (Å²) in [6, 6.07) is 23.7. The second-order valence-electron chi connectivity index (χ2n) is 7.68. The highest BCUT2D eigenvalue weighted by molar-refractivity contribution is 7.92. The van der Waals surface area contributed by atoms with Gasteiger partial charge in [-0.3, -0.25) is 14.1 Å². The lowest BCUT2D eigenvalue weighted by Gasteiger charge is -2.25. The van der Waals surface area contributed by atoms with E-state index in [2.05, 4.69) is 10.3 Å². The maximum absolute atomic E-state index is 13.4. The van der Waals surface area contributed by atoms with Crippen LogP contribution in [0.15, 0.2) is 102 Å². The number of aromatic nitrogens is 1. The molecule has 0 saturated carbocycles. The summed E-state index contributed by atoms with van der Waals surface area (Å²) in [5, 5.41) is 2.99. The molecule has 4 rings (SSSR count). The molecule has 4 aromatic rings. The number of sulfonamides is 1. The molecule has 0 aliphatic carbocycles. The third-order valence-electron chi connectivity index (χ3n) is 5.21. The fourth-order valence-corrected chi connectivity index (χ4v) is 5.38. The molecule has 9 heteroatoms. The second kappa shape index (κ2) is 10.9. The van der Waals surface area contributed by atoms with Crippen LogP contribution in [0, 0.1) is 0 Å². The molecule has 1 heterocycles. The first-order chi connectivity index (χ1) is 16.8. The van der Waals surface area contributed by atoms with Crippen molar-refractivity contribution >= 4 is 50.5 Å². The summed E-state index contributed by atoms with van der Waals surface area (Å²) in [4.78, 5) is 17.0. The molecule has 0 fully saturated rings. The number of anilines is 2. The highest BCUT2D eigenvalue weighted by Gasteiger charge is 2.29. The van der Waals surface area contributed by atoms with Gasteiger partial charge in [0.05, 0.1) is 20.6 Å². The molecule has 0 radical (unpaired) electrons. The zero-order valence-electron chi connectivity index (χ0n) is 18.4. The van der Waals surface area contributed by atoms with Gasteiger partial charge in [0, 0.05) is 18.1 Å². The molecule has 6 nitrogen and oxygen atoms in total. The van der Waals surface area contributed by atoms with Gasteiger partial charge in [0.1, 0.15) is 6.54 Å². The Morgan fingerprint density at radius 3 is 2.17 bits per heavy atom. The summed E-state index contributed by atoms with van der Waals surface area (Å²) < 4.78 is 27.8. The van der Waals surface area contributed by atoms with Gasteiger partial charge in [0.2, 0.25) is 5.91 Å². The van der Waals surface area contributed by atoms with Crippen molar-refractivity contribution in [1.29, 1.82) is 0 Å². The standard InChI is InChI=1S/C26H21Cl2N3O3S/c27-23-7-4-8-24(26(23)28)31(35(33,34)22-5-2-1-3-6-22)18-25(32)30-21-11-9-19(10-12-21)17-20-13-15-29-16-14-20/h1-16H,17-18H2,(H,30,32). The van der Waals surface area contributed by atoms with Crippen LogP contribution in [0.5, 0.6) is 0 Å². The van der Waals surface area contributed by atoms with Gasteiger partial charge in [-0.05, 0) is 66.1 Å². The number of amides is 1. The summed E-state index contributed by atoms with van der Waals surface area (Å²) in [6.45, 7) is -0.490. The third-order valence-corrected chi connectivity index (χ3v) is 7.80. The van der Waals surface area contributed by atoms with Gasteiger partial charge in [-0.2, -0.15) is 0 Å². The van der Waals surface area contributed by atoms with Crippen LogP contribution in [0.25, 0.3) is 0 Å². The number of nitrogens with one attached hydrogen (secondary N) is 1. The average Bonchev–Trinajstić information content (AvgIpc) is 2.87. The summed E-state index contributed by atoms with van der Waals surface area (Å²) in [5.41, 5.74) is 2.85. The number of halogens is 2. The highest BCUT2D eigenvalue weighted by atomic mass is 35.5. The quantitative estimate of drug-likeness (QED) is 0.314. The molecule has 1 amide bonds. The smallest absolute Gasteiger partial charge is 0.264 e. The van der Waals surface area contributed by atoms with E-state index < -0.39 is 22.5 Å². The van der Waals surface area contributed by atoms with Crippen LogP contribution in [0.1, 0.15) is 11.1 Å². The SMILES string of the molecule is O=C(CN(c1cccc(Cl)c1Cl)S(=O)(=O)c1ccccc1)Nc1ccc(Cc2ccncc2)cc1. The van der Waals surface area contributed by atoms with Crippen LogP contribution in [0.4, 0.5) is 11.4 Å². The van der Waals surface area contributed by atoms with E-state index in [1.807, 2.05) is 24.3 Å². The first kappa shape index (κ1) is 24.7. The fourth-order valence-electron chi connectivity index (χ4n) is 3.48. The van der Waals surface area contributed by atoms with E-state index >= 15 is 0 Å². The van der Waals surface area contributed by atoms with Crippen molar-refractivity contribution in [3.05, 3.63) is 118 Å². The number of carbonyl (C=O) groups is 1. The molecule has 0 unspecified atom stereocenters. The zero-order chi connectivity index (χ0) is 24.8. The van der Waals surface area contributed by atoms with Crippen LogP contribution in [-0.4, -0.2) is 25.9 Å². The van der Waals surface area contributed by atoms with E-state index in [-0.39, 0.29) is 20.6 Å². The first-order valence-corrected chi connectivity index (χ1v) is 12.8. The number of pyridine rings is 1.